The van der Waals surface area contributed by atoms with Crippen LogP contribution in [-0.4, -0.2) is 44.6 Å². The molecule has 9 nitrogen and oxygen atoms in total. The normalized spacial score (nSPS) is 19.1. The number of aromatic nitrogens is 4. The number of anilines is 3. The molecule has 1 aromatic carbocycles. The van der Waals surface area contributed by atoms with E-state index in [2.05, 4.69) is 15.0 Å². The SMILES string of the molecule is Cc1ncc(-c2ccc3c(c2)N(c2cncc(N4C(=O)OC[C@H]4C(C)C)n2)C(=O)C3(C)C)cn1. The van der Waals surface area contributed by atoms with E-state index in [9.17, 15) is 9.59 Å². The molecule has 2 amide bonds. The summed E-state index contributed by atoms with van der Waals surface area (Å²) >= 11 is 0. The number of benzene rings is 1. The molecule has 1 saturated heterocycles. The fourth-order valence-electron chi connectivity index (χ4n) is 4.46. The Bertz CT molecular complexity index is 1290. The number of hydrogen-bond donors (Lipinski definition) is 0. The third-order valence-electron chi connectivity index (χ3n) is 6.52. The van der Waals surface area contributed by atoms with Crippen LogP contribution in [0.25, 0.3) is 11.1 Å². The molecule has 5 rings (SSSR count). The van der Waals surface area contributed by atoms with Gasteiger partial charge in [-0.2, -0.15) is 0 Å². The number of rotatable bonds is 4. The summed E-state index contributed by atoms with van der Waals surface area (Å²) in [6.45, 7) is 9.97. The van der Waals surface area contributed by atoms with Crippen LogP contribution in [0.4, 0.5) is 22.1 Å². The molecule has 1 fully saturated rings. The van der Waals surface area contributed by atoms with Crippen molar-refractivity contribution in [2.24, 2.45) is 5.92 Å². The predicted octanol–water partition coefficient (Wildman–Crippen LogP) is 4.18. The lowest BCUT2D eigenvalue weighted by molar-refractivity contribution is -0.121. The number of aryl methyl sites for hydroxylation is 1. The Morgan fingerprint density at radius 1 is 1.03 bits per heavy atom. The number of amides is 2. The fraction of sp³-hybridized carbons (Fsp3) is 0.360. The smallest absolute Gasteiger partial charge is 0.415 e. The van der Waals surface area contributed by atoms with Crippen molar-refractivity contribution in [3.63, 3.8) is 0 Å². The van der Waals surface area contributed by atoms with Crippen molar-refractivity contribution in [1.29, 1.82) is 0 Å². The maximum Gasteiger partial charge on any atom is 0.415 e. The molecule has 0 radical (unpaired) electrons. The van der Waals surface area contributed by atoms with Crippen LogP contribution in [-0.2, 0) is 14.9 Å². The van der Waals surface area contributed by atoms with Gasteiger partial charge in [0, 0.05) is 18.0 Å². The molecule has 0 bridgehead atoms. The van der Waals surface area contributed by atoms with Gasteiger partial charge >= 0.3 is 6.09 Å². The highest BCUT2D eigenvalue weighted by molar-refractivity contribution is 6.12. The van der Waals surface area contributed by atoms with Gasteiger partial charge in [-0.05, 0) is 43.9 Å². The first kappa shape index (κ1) is 21.9. The highest BCUT2D eigenvalue weighted by Gasteiger charge is 2.46. The number of hydrogen-bond acceptors (Lipinski definition) is 7. The largest absolute Gasteiger partial charge is 0.447 e. The second-order valence-corrected chi connectivity index (χ2v) is 9.51. The molecule has 2 aliphatic rings. The Kier molecular flexibility index (Phi) is 5.07. The Balaban J connectivity index is 1.60. The number of nitrogens with zero attached hydrogens (tertiary/aromatic N) is 6. The first-order valence-corrected chi connectivity index (χ1v) is 11.2. The molecule has 1 atom stereocenters. The monoisotopic (exact) mass is 458 g/mol. The van der Waals surface area contributed by atoms with Gasteiger partial charge in [-0.1, -0.05) is 26.0 Å². The van der Waals surface area contributed by atoms with Crippen LogP contribution >= 0.6 is 0 Å². The molecular formula is C25H26N6O3. The molecule has 2 aliphatic heterocycles. The molecule has 0 unspecified atom stereocenters. The van der Waals surface area contributed by atoms with E-state index < -0.39 is 11.5 Å². The van der Waals surface area contributed by atoms with Gasteiger partial charge in [-0.3, -0.25) is 19.6 Å². The third kappa shape index (κ3) is 3.39. The minimum Gasteiger partial charge on any atom is -0.447 e. The average Bonchev–Trinajstić information content (AvgIpc) is 3.29. The van der Waals surface area contributed by atoms with E-state index in [0.717, 1.165) is 22.4 Å². The van der Waals surface area contributed by atoms with E-state index in [1.54, 1.807) is 23.5 Å². The second-order valence-electron chi connectivity index (χ2n) is 9.51. The zero-order chi connectivity index (χ0) is 24.2. The number of ether oxygens (including phenoxy) is 1. The third-order valence-corrected chi connectivity index (χ3v) is 6.52. The van der Waals surface area contributed by atoms with E-state index in [0.29, 0.717) is 24.1 Å². The molecule has 9 heteroatoms. The topological polar surface area (TPSA) is 101 Å². The summed E-state index contributed by atoms with van der Waals surface area (Å²) in [5.74, 6) is 1.46. The lowest BCUT2D eigenvalue weighted by atomic mass is 9.85. The number of carbonyl (C=O) groups excluding carboxylic acids is 2. The summed E-state index contributed by atoms with van der Waals surface area (Å²) in [5.41, 5.74) is 2.61. The van der Waals surface area contributed by atoms with Gasteiger partial charge in [0.25, 0.3) is 0 Å². The van der Waals surface area contributed by atoms with Gasteiger partial charge in [-0.25, -0.2) is 19.7 Å². The van der Waals surface area contributed by atoms with Gasteiger partial charge in [0.1, 0.15) is 12.4 Å². The van der Waals surface area contributed by atoms with E-state index in [4.69, 9.17) is 9.72 Å². The quantitative estimate of drug-likeness (QED) is 0.578. The first-order valence-electron chi connectivity index (χ1n) is 11.2. The van der Waals surface area contributed by atoms with E-state index >= 15 is 0 Å². The fourth-order valence-corrected chi connectivity index (χ4v) is 4.46. The van der Waals surface area contributed by atoms with Crippen molar-refractivity contribution in [3.8, 4) is 11.1 Å². The number of cyclic esters (lactones) is 1. The van der Waals surface area contributed by atoms with Crippen LogP contribution in [0.15, 0.2) is 43.0 Å². The number of carbonyl (C=O) groups is 2. The molecule has 34 heavy (non-hydrogen) atoms. The molecule has 0 N–H and O–H groups in total. The molecular weight excluding hydrogens is 432 g/mol. The summed E-state index contributed by atoms with van der Waals surface area (Å²) in [6.07, 6.45) is 6.14. The second kappa shape index (κ2) is 7.86. The Morgan fingerprint density at radius 3 is 2.44 bits per heavy atom. The van der Waals surface area contributed by atoms with Gasteiger partial charge in [0.2, 0.25) is 5.91 Å². The highest BCUT2D eigenvalue weighted by atomic mass is 16.6. The van der Waals surface area contributed by atoms with Crippen molar-refractivity contribution in [3.05, 3.63) is 54.4 Å². The minimum absolute atomic E-state index is 0.115. The van der Waals surface area contributed by atoms with Gasteiger partial charge in [0.05, 0.1) is 29.5 Å². The molecule has 0 saturated carbocycles. The lowest BCUT2D eigenvalue weighted by Crippen LogP contribution is -2.38. The number of fused-ring (bicyclic) bond motifs is 1. The van der Waals surface area contributed by atoms with Crippen LogP contribution in [0, 0.1) is 12.8 Å². The zero-order valence-electron chi connectivity index (χ0n) is 19.8. The standard InChI is InChI=1S/C25H26N6O3/c1-14(2)20-13-34-24(33)31(20)22-12-26-11-21(29-22)30-19-8-16(17-9-27-15(3)28-10-17)6-7-18(19)25(4,5)23(30)32/h6-12,14,20H,13H2,1-5H3/t20-/m0/s1. The molecule has 4 heterocycles. The van der Waals surface area contributed by atoms with Gasteiger partial charge < -0.3 is 4.74 Å². The van der Waals surface area contributed by atoms with Gasteiger partial charge in [0.15, 0.2) is 11.6 Å². The van der Waals surface area contributed by atoms with Crippen molar-refractivity contribution >= 4 is 29.3 Å². The average molecular weight is 459 g/mol. The zero-order valence-corrected chi connectivity index (χ0v) is 19.8. The summed E-state index contributed by atoms with van der Waals surface area (Å²) in [5, 5.41) is 0. The lowest BCUT2D eigenvalue weighted by Gasteiger charge is -2.25. The summed E-state index contributed by atoms with van der Waals surface area (Å²) < 4.78 is 5.27. The van der Waals surface area contributed by atoms with Crippen molar-refractivity contribution in [2.45, 2.75) is 46.1 Å². The Hall–Kier alpha value is -3.88. The van der Waals surface area contributed by atoms with Crippen LogP contribution in [0.5, 0.6) is 0 Å². The summed E-state index contributed by atoms with van der Waals surface area (Å²) in [6, 6.07) is 5.74. The van der Waals surface area contributed by atoms with Gasteiger partial charge in [-0.15, -0.1) is 0 Å². The van der Waals surface area contributed by atoms with Crippen molar-refractivity contribution in [2.75, 3.05) is 16.4 Å². The van der Waals surface area contributed by atoms with E-state index in [-0.39, 0.29) is 17.9 Å². The predicted molar refractivity (Wildman–Crippen MR) is 127 cm³/mol. The maximum absolute atomic E-state index is 13.6. The van der Waals surface area contributed by atoms with E-state index in [1.165, 1.54) is 11.1 Å². The Morgan fingerprint density at radius 2 is 1.74 bits per heavy atom. The maximum atomic E-state index is 13.6. The molecule has 174 valence electrons. The Labute approximate surface area is 197 Å². The summed E-state index contributed by atoms with van der Waals surface area (Å²) in [4.78, 5) is 46.7. The van der Waals surface area contributed by atoms with Crippen LogP contribution in [0.1, 0.15) is 39.1 Å². The minimum atomic E-state index is -0.748. The summed E-state index contributed by atoms with van der Waals surface area (Å²) in [7, 11) is 0. The van der Waals surface area contributed by atoms with Crippen molar-refractivity contribution in [1.82, 2.24) is 19.9 Å². The van der Waals surface area contributed by atoms with Crippen molar-refractivity contribution < 1.29 is 14.3 Å². The van der Waals surface area contributed by atoms with Crippen LogP contribution in [0.2, 0.25) is 0 Å². The van der Waals surface area contributed by atoms with Crippen LogP contribution < -0.4 is 9.80 Å². The van der Waals surface area contributed by atoms with Crippen LogP contribution in [0.3, 0.4) is 0 Å². The molecule has 3 aromatic rings. The molecule has 0 aliphatic carbocycles. The molecule has 0 spiro atoms. The first-order chi connectivity index (χ1) is 16.2. The molecule has 2 aromatic heterocycles. The highest BCUT2D eigenvalue weighted by Crippen LogP contribution is 2.46. The van der Waals surface area contributed by atoms with E-state index in [1.807, 2.05) is 52.8 Å².